The number of rotatable bonds is 4. The minimum atomic E-state index is -0.379. The highest BCUT2D eigenvalue weighted by atomic mass is 16.4. The van der Waals surface area contributed by atoms with Crippen LogP contribution in [0.5, 0.6) is 0 Å². The molecule has 1 N–H and O–H groups in total. The van der Waals surface area contributed by atoms with Gasteiger partial charge >= 0.3 is 5.76 Å². The molecule has 0 bridgehead atoms. The van der Waals surface area contributed by atoms with E-state index in [0.717, 1.165) is 24.8 Å². The van der Waals surface area contributed by atoms with Gasteiger partial charge in [-0.3, -0.25) is 9.36 Å². The Hall–Kier alpha value is -2.04. The van der Waals surface area contributed by atoms with Crippen molar-refractivity contribution in [2.75, 3.05) is 0 Å². The molecule has 1 aliphatic carbocycles. The molecule has 1 heterocycles. The molecule has 0 spiro atoms. The minimum absolute atomic E-state index is 0.0955. The monoisotopic (exact) mass is 274 g/mol. The van der Waals surface area contributed by atoms with Crippen molar-refractivity contribution in [3.05, 3.63) is 34.8 Å². The lowest BCUT2D eigenvalue weighted by atomic mass is 9.84. The van der Waals surface area contributed by atoms with Crippen molar-refractivity contribution in [1.29, 1.82) is 0 Å². The Kier molecular flexibility index (Phi) is 3.34. The second kappa shape index (κ2) is 5.15. The highest BCUT2D eigenvalue weighted by Gasteiger charge is 2.26. The van der Waals surface area contributed by atoms with Gasteiger partial charge in [0.15, 0.2) is 5.58 Å². The predicted octanol–water partition coefficient (Wildman–Crippen LogP) is 1.90. The summed E-state index contributed by atoms with van der Waals surface area (Å²) in [6.07, 6.45) is 3.10. The van der Waals surface area contributed by atoms with Crippen LogP contribution in [0.25, 0.3) is 11.1 Å². The third kappa shape index (κ3) is 2.35. The summed E-state index contributed by atoms with van der Waals surface area (Å²) in [4.78, 5) is 23.7. The molecule has 1 aromatic heterocycles. The Morgan fingerprint density at radius 2 is 2.20 bits per heavy atom. The molecule has 2 aromatic rings. The Morgan fingerprint density at radius 3 is 2.90 bits per heavy atom. The summed E-state index contributed by atoms with van der Waals surface area (Å²) in [5.41, 5.74) is 1.34. The van der Waals surface area contributed by atoms with Gasteiger partial charge in [-0.1, -0.05) is 18.6 Å². The number of fused-ring (bicyclic) bond motifs is 1. The molecule has 5 heteroatoms. The molecule has 1 aliphatic rings. The molecule has 0 aliphatic heterocycles. The van der Waals surface area contributed by atoms with E-state index in [0.29, 0.717) is 12.1 Å². The van der Waals surface area contributed by atoms with Crippen LogP contribution in [0, 0.1) is 5.92 Å². The molecule has 20 heavy (non-hydrogen) atoms. The smallest absolute Gasteiger partial charge is 0.408 e. The van der Waals surface area contributed by atoms with Crippen LogP contribution >= 0.6 is 0 Å². The first-order valence-corrected chi connectivity index (χ1v) is 7.04. The summed E-state index contributed by atoms with van der Waals surface area (Å²) in [7, 11) is 0. The summed E-state index contributed by atoms with van der Waals surface area (Å²) < 4.78 is 6.75. The Bertz CT molecular complexity index is 682. The SMILES string of the molecule is C[C@@H](Cn1c(=O)oc2ccccc21)NC(=O)C1CCC1. The number of aromatic nitrogens is 1. The van der Waals surface area contributed by atoms with E-state index in [2.05, 4.69) is 5.32 Å². The van der Waals surface area contributed by atoms with Gasteiger partial charge in [-0.05, 0) is 31.9 Å². The van der Waals surface area contributed by atoms with Gasteiger partial charge in [-0.15, -0.1) is 0 Å². The molecule has 1 atom stereocenters. The molecular weight excluding hydrogens is 256 g/mol. The summed E-state index contributed by atoms with van der Waals surface area (Å²) in [6.45, 7) is 2.33. The number of carbonyl (C=O) groups excluding carboxylic acids is 1. The van der Waals surface area contributed by atoms with Gasteiger partial charge in [-0.25, -0.2) is 4.79 Å². The average molecular weight is 274 g/mol. The molecule has 0 unspecified atom stereocenters. The molecule has 1 fully saturated rings. The molecule has 1 amide bonds. The second-order valence-corrected chi connectivity index (χ2v) is 5.48. The fraction of sp³-hybridized carbons (Fsp3) is 0.467. The molecule has 0 saturated heterocycles. The van der Waals surface area contributed by atoms with Crippen molar-refractivity contribution in [3.63, 3.8) is 0 Å². The van der Waals surface area contributed by atoms with E-state index in [9.17, 15) is 9.59 Å². The van der Waals surface area contributed by atoms with E-state index in [1.807, 2.05) is 25.1 Å². The van der Waals surface area contributed by atoms with Crippen LogP contribution in [0.1, 0.15) is 26.2 Å². The van der Waals surface area contributed by atoms with Crippen LogP contribution in [0.2, 0.25) is 0 Å². The third-order valence-electron chi connectivity index (χ3n) is 3.89. The van der Waals surface area contributed by atoms with Gasteiger partial charge in [0, 0.05) is 18.5 Å². The molecule has 1 aromatic carbocycles. The number of benzene rings is 1. The van der Waals surface area contributed by atoms with Crippen molar-refractivity contribution in [2.24, 2.45) is 5.92 Å². The van der Waals surface area contributed by atoms with E-state index in [1.165, 1.54) is 0 Å². The number of hydrogen-bond donors (Lipinski definition) is 1. The zero-order chi connectivity index (χ0) is 14.1. The fourth-order valence-electron chi connectivity index (χ4n) is 2.54. The van der Waals surface area contributed by atoms with Crippen molar-refractivity contribution >= 4 is 17.0 Å². The van der Waals surface area contributed by atoms with E-state index >= 15 is 0 Å². The van der Waals surface area contributed by atoms with E-state index in [4.69, 9.17) is 4.42 Å². The van der Waals surface area contributed by atoms with Crippen molar-refractivity contribution < 1.29 is 9.21 Å². The number of nitrogens with zero attached hydrogens (tertiary/aromatic N) is 1. The normalized spacial score (nSPS) is 16.9. The standard InChI is InChI=1S/C15H18N2O3/c1-10(16-14(18)11-5-4-6-11)9-17-12-7-2-3-8-13(12)20-15(17)19/h2-3,7-8,10-11H,4-6,9H2,1H3,(H,16,18)/t10-/m0/s1. The lowest BCUT2D eigenvalue weighted by molar-refractivity contribution is -0.128. The summed E-state index contributed by atoms with van der Waals surface area (Å²) >= 11 is 0. The molecule has 0 radical (unpaired) electrons. The highest BCUT2D eigenvalue weighted by molar-refractivity contribution is 5.79. The number of nitrogens with one attached hydrogen (secondary N) is 1. The van der Waals surface area contributed by atoms with Gasteiger partial charge < -0.3 is 9.73 Å². The number of amides is 1. The third-order valence-corrected chi connectivity index (χ3v) is 3.89. The first-order chi connectivity index (χ1) is 9.65. The van der Waals surface area contributed by atoms with Crippen molar-refractivity contribution in [1.82, 2.24) is 9.88 Å². The highest BCUT2D eigenvalue weighted by Crippen LogP contribution is 2.26. The van der Waals surface area contributed by atoms with E-state index in [1.54, 1.807) is 10.6 Å². The van der Waals surface area contributed by atoms with Crippen molar-refractivity contribution in [2.45, 2.75) is 38.8 Å². The molecular formula is C15H18N2O3. The van der Waals surface area contributed by atoms with E-state index < -0.39 is 0 Å². The average Bonchev–Trinajstić information content (AvgIpc) is 2.64. The quantitative estimate of drug-likeness (QED) is 0.926. The number of carbonyl (C=O) groups is 1. The largest absolute Gasteiger partial charge is 0.420 e. The minimum Gasteiger partial charge on any atom is -0.408 e. The zero-order valence-corrected chi connectivity index (χ0v) is 11.5. The second-order valence-electron chi connectivity index (χ2n) is 5.48. The number of hydrogen-bond acceptors (Lipinski definition) is 3. The fourth-order valence-corrected chi connectivity index (χ4v) is 2.54. The van der Waals surface area contributed by atoms with Gasteiger partial charge in [0.25, 0.3) is 0 Å². The first-order valence-electron chi connectivity index (χ1n) is 7.04. The van der Waals surface area contributed by atoms with Crippen LogP contribution in [-0.2, 0) is 11.3 Å². The summed E-state index contributed by atoms with van der Waals surface area (Å²) in [5, 5.41) is 2.97. The Balaban J connectivity index is 1.73. The summed E-state index contributed by atoms with van der Waals surface area (Å²) in [5.74, 6) is -0.115. The van der Waals surface area contributed by atoms with Gasteiger partial charge in [0.05, 0.1) is 5.52 Å². The molecule has 106 valence electrons. The maximum absolute atomic E-state index is 11.9. The molecule has 3 rings (SSSR count). The topological polar surface area (TPSA) is 64.2 Å². The zero-order valence-electron chi connectivity index (χ0n) is 11.5. The van der Waals surface area contributed by atoms with Gasteiger partial charge in [-0.2, -0.15) is 0 Å². The number of para-hydroxylation sites is 2. The molecule has 5 nitrogen and oxygen atoms in total. The van der Waals surface area contributed by atoms with Crippen LogP contribution < -0.4 is 11.1 Å². The Morgan fingerprint density at radius 1 is 1.45 bits per heavy atom. The maximum Gasteiger partial charge on any atom is 0.420 e. The Labute approximate surface area is 116 Å². The van der Waals surface area contributed by atoms with Crippen LogP contribution in [0.3, 0.4) is 0 Å². The first kappa shape index (κ1) is 13.0. The molecule has 1 saturated carbocycles. The van der Waals surface area contributed by atoms with Gasteiger partial charge in [0.1, 0.15) is 0 Å². The lowest BCUT2D eigenvalue weighted by Crippen LogP contribution is -2.42. The van der Waals surface area contributed by atoms with Crippen LogP contribution in [-0.4, -0.2) is 16.5 Å². The van der Waals surface area contributed by atoms with Gasteiger partial charge in [0.2, 0.25) is 5.91 Å². The van der Waals surface area contributed by atoms with Crippen LogP contribution in [0.15, 0.2) is 33.5 Å². The van der Waals surface area contributed by atoms with E-state index in [-0.39, 0.29) is 23.6 Å². The maximum atomic E-state index is 11.9. The van der Waals surface area contributed by atoms with Crippen molar-refractivity contribution in [3.8, 4) is 0 Å². The summed E-state index contributed by atoms with van der Waals surface area (Å²) in [6, 6.07) is 7.22. The predicted molar refractivity (Wildman–Crippen MR) is 75.4 cm³/mol. The lowest BCUT2D eigenvalue weighted by Gasteiger charge is -2.26. The van der Waals surface area contributed by atoms with Crippen LogP contribution in [0.4, 0.5) is 0 Å². The number of oxazole rings is 1.